The van der Waals surface area contributed by atoms with Crippen molar-refractivity contribution < 1.29 is 14.6 Å². The van der Waals surface area contributed by atoms with Gasteiger partial charge in [-0.3, -0.25) is 14.8 Å². The van der Waals surface area contributed by atoms with Crippen LogP contribution in [0, 0.1) is 13.8 Å². The van der Waals surface area contributed by atoms with Gasteiger partial charge in [-0.05, 0) is 37.1 Å². The van der Waals surface area contributed by atoms with E-state index >= 15 is 0 Å². The highest BCUT2D eigenvalue weighted by Crippen LogP contribution is 2.40. The van der Waals surface area contributed by atoms with Crippen molar-refractivity contribution in [3.8, 4) is 5.75 Å². The SMILES string of the molecule is COc1cccc([C@@H]2c3c(C)nn(C)c3NC(=O)[C@@H]2NC(O)c2cccc(C)c2)c1. The second-order valence-electron chi connectivity index (χ2n) is 7.68. The molecule has 7 nitrogen and oxygen atoms in total. The number of carbonyl (C=O) groups excluding carboxylic acids is 1. The summed E-state index contributed by atoms with van der Waals surface area (Å²) < 4.78 is 7.09. The van der Waals surface area contributed by atoms with Gasteiger partial charge in [0.1, 0.15) is 23.8 Å². The summed E-state index contributed by atoms with van der Waals surface area (Å²) in [5, 5.41) is 21.5. The lowest BCUT2D eigenvalue weighted by Crippen LogP contribution is -2.49. The number of methoxy groups -OCH3 is 1. The molecule has 3 atom stereocenters. The molecule has 0 bridgehead atoms. The zero-order valence-corrected chi connectivity index (χ0v) is 17.5. The number of amides is 1. The van der Waals surface area contributed by atoms with Crippen LogP contribution in [0.25, 0.3) is 0 Å². The number of aliphatic hydroxyl groups excluding tert-OH is 1. The third-order valence-corrected chi connectivity index (χ3v) is 5.59. The summed E-state index contributed by atoms with van der Waals surface area (Å²) in [6.07, 6.45) is -0.993. The highest BCUT2D eigenvalue weighted by Gasteiger charge is 2.41. The largest absolute Gasteiger partial charge is 0.497 e. The van der Waals surface area contributed by atoms with Crippen LogP contribution in [0.15, 0.2) is 48.5 Å². The van der Waals surface area contributed by atoms with E-state index in [4.69, 9.17) is 4.74 Å². The molecule has 0 saturated heterocycles. The van der Waals surface area contributed by atoms with Gasteiger partial charge < -0.3 is 15.2 Å². The number of aliphatic hydroxyl groups is 1. The van der Waals surface area contributed by atoms with Crippen molar-refractivity contribution in [3.05, 3.63) is 76.5 Å². The molecule has 0 aliphatic carbocycles. The topological polar surface area (TPSA) is 88.4 Å². The van der Waals surface area contributed by atoms with E-state index in [2.05, 4.69) is 15.7 Å². The minimum absolute atomic E-state index is 0.218. The van der Waals surface area contributed by atoms with E-state index in [1.807, 2.05) is 69.4 Å². The van der Waals surface area contributed by atoms with Crippen LogP contribution in [0.4, 0.5) is 5.82 Å². The lowest BCUT2D eigenvalue weighted by atomic mass is 9.81. The van der Waals surface area contributed by atoms with Crippen molar-refractivity contribution in [3.63, 3.8) is 0 Å². The van der Waals surface area contributed by atoms with E-state index in [9.17, 15) is 9.90 Å². The van der Waals surface area contributed by atoms with Crippen LogP contribution in [0.3, 0.4) is 0 Å². The second-order valence-corrected chi connectivity index (χ2v) is 7.68. The molecule has 156 valence electrons. The first-order valence-electron chi connectivity index (χ1n) is 9.88. The fraction of sp³-hybridized carbons (Fsp3) is 0.304. The second kappa shape index (κ2) is 7.93. The zero-order valence-electron chi connectivity index (χ0n) is 17.5. The van der Waals surface area contributed by atoms with E-state index < -0.39 is 12.3 Å². The quantitative estimate of drug-likeness (QED) is 0.567. The van der Waals surface area contributed by atoms with E-state index in [0.717, 1.165) is 22.4 Å². The Labute approximate surface area is 175 Å². The third-order valence-electron chi connectivity index (χ3n) is 5.59. The van der Waals surface area contributed by atoms with Gasteiger partial charge in [0.25, 0.3) is 0 Å². The Kier molecular flexibility index (Phi) is 5.32. The van der Waals surface area contributed by atoms with Crippen LogP contribution in [0.1, 0.15) is 40.1 Å². The molecule has 7 heteroatoms. The maximum absolute atomic E-state index is 13.1. The molecule has 0 fully saturated rings. The molecule has 3 aromatic rings. The van der Waals surface area contributed by atoms with E-state index in [1.54, 1.807) is 11.8 Å². The zero-order chi connectivity index (χ0) is 21.4. The Morgan fingerprint density at radius 2 is 1.97 bits per heavy atom. The first-order chi connectivity index (χ1) is 14.4. The molecule has 1 unspecified atom stereocenters. The Morgan fingerprint density at radius 1 is 1.20 bits per heavy atom. The maximum atomic E-state index is 13.1. The number of ether oxygens (including phenoxy) is 1. The van der Waals surface area contributed by atoms with Crippen LogP contribution in [-0.4, -0.2) is 33.9 Å². The number of nitrogens with zero attached hydrogens (tertiary/aromatic N) is 2. The fourth-order valence-electron chi connectivity index (χ4n) is 4.18. The Balaban J connectivity index is 1.79. The van der Waals surface area contributed by atoms with Crippen molar-refractivity contribution in [1.82, 2.24) is 15.1 Å². The molecule has 2 aromatic carbocycles. The van der Waals surface area contributed by atoms with Gasteiger partial charge in [0.2, 0.25) is 5.91 Å². The van der Waals surface area contributed by atoms with Gasteiger partial charge in [0.05, 0.1) is 12.8 Å². The van der Waals surface area contributed by atoms with Gasteiger partial charge in [-0.15, -0.1) is 0 Å². The Bertz CT molecular complexity index is 1090. The van der Waals surface area contributed by atoms with Crippen molar-refractivity contribution >= 4 is 11.7 Å². The number of hydrogen-bond donors (Lipinski definition) is 3. The van der Waals surface area contributed by atoms with Crippen molar-refractivity contribution in [2.24, 2.45) is 7.05 Å². The van der Waals surface area contributed by atoms with Gasteiger partial charge in [-0.2, -0.15) is 5.10 Å². The molecule has 1 amide bonds. The van der Waals surface area contributed by atoms with Gasteiger partial charge in [0, 0.05) is 18.5 Å². The van der Waals surface area contributed by atoms with E-state index in [1.165, 1.54) is 0 Å². The van der Waals surface area contributed by atoms with Crippen LogP contribution in [-0.2, 0) is 11.8 Å². The standard InChI is InChI=1S/C23H26N4O3/c1-13-7-5-9-16(11-13)22(28)24-20-19(15-8-6-10-17(12-15)30-4)18-14(2)26-27(3)21(18)25-23(20)29/h5-12,19-20,22,24,28H,1-4H3,(H,25,29)/t19-,20-,22?/m1/s1. The number of rotatable bonds is 5. The molecule has 30 heavy (non-hydrogen) atoms. The van der Waals surface area contributed by atoms with E-state index in [0.29, 0.717) is 17.1 Å². The highest BCUT2D eigenvalue weighted by atomic mass is 16.5. The molecule has 3 N–H and O–H groups in total. The third kappa shape index (κ3) is 3.58. The minimum Gasteiger partial charge on any atom is -0.497 e. The molecular weight excluding hydrogens is 380 g/mol. The number of fused-ring (bicyclic) bond motifs is 1. The summed E-state index contributed by atoms with van der Waals surface area (Å²) in [5.41, 5.74) is 4.42. The number of anilines is 1. The lowest BCUT2D eigenvalue weighted by molar-refractivity contribution is -0.119. The van der Waals surface area contributed by atoms with Crippen LogP contribution in [0.5, 0.6) is 5.75 Å². The summed E-state index contributed by atoms with van der Waals surface area (Å²) in [4.78, 5) is 13.1. The molecule has 1 aliphatic heterocycles. The summed E-state index contributed by atoms with van der Waals surface area (Å²) in [7, 11) is 3.43. The van der Waals surface area contributed by atoms with Crippen LogP contribution >= 0.6 is 0 Å². The van der Waals surface area contributed by atoms with Crippen molar-refractivity contribution in [1.29, 1.82) is 0 Å². The average Bonchev–Trinajstić information content (AvgIpc) is 3.01. The van der Waals surface area contributed by atoms with Gasteiger partial charge in [-0.1, -0.05) is 42.0 Å². The summed E-state index contributed by atoms with van der Waals surface area (Å²) in [5.74, 6) is 0.829. The Morgan fingerprint density at radius 3 is 2.70 bits per heavy atom. The lowest BCUT2D eigenvalue weighted by Gasteiger charge is -2.34. The number of hydrogen-bond acceptors (Lipinski definition) is 5. The van der Waals surface area contributed by atoms with Gasteiger partial charge >= 0.3 is 0 Å². The van der Waals surface area contributed by atoms with Crippen molar-refractivity contribution in [2.75, 3.05) is 12.4 Å². The first-order valence-corrected chi connectivity index (χ1v) is 9.88. The molecule has 0 saturated carbocycles. The van der Waals surface area contributed by atoms with Crippen LogP contribution in [0.2, 0.25) is 0 Å². The van der Waals surface area contributed by atoms with Crippen LogP contribution < -0.4 is 15.4 Å². The molecule has 0 radical (unpaired) electrons. The highest BCUT2D eigenvalue weighted by molar-refractivity contribution is 5.99. The molecule has 2 heterocycles. The van der Waals surface area contributed by atoms with Gasteiger partial charge in [0.15, 0.2) is 0 Å². The minimum atomic E-state index is -0.993. The number of aromatic nitrogens is 2. The predicted molar refractivity (Wildman–Crippen MR) is 114 cm³/mol. The van der Waals surface area contributed by atoms with Gasteiger partial charge in [-0.25, -0.2) is 0 Å². The monoisotopic (exact) mass is 406 g/mol. The Hall–Kier alpha value is -3.16. The predicted octanol–water partition coefficient (Wildman–Crippen LogP) is 2.78. The van der Waals surface area contributed by atoms with E-state index in [-0.39, 0.29) is 11.8 Å². The maximum Gasteiger partial charge on any atom is 0.243 e. The number of nitrogens with one attached hydrogen (secondary N) is 2. The molecule has 4 rings (SSSR count). The molecule has 1 aromatic heterocycles. The number of benzene rings is 2. The average molecular weight is 406 g/mol. The number of carbonyl (C=O) groups is 1. The van der Waals surface area contributed by atoms with Crippen molar-refractivity contribution in [2.45, 2.75) is 32.0 Å². The normalized spacial score (nSPS) is 19.2. The molecule has 1 aliphatic rings. The summed E-state index contributed by atoms with van der Waals surface area (Å²) in [6.45, 7) is 3.89. The fourth-order valence-corrected chi connectivity index (χ4v) is 4.18. The molecule has 0 spiro atoms. The smallest absolute Gasteiger partial charge is 0.243 e. The first kappa shape index (κ1) is 20.1. The summed E-state index contributed by atoms with van der Waals surface area (Å²) in [6, 6.07) is 14.6. The molecular formula is C23H26N4O3. The summed E-state index contributed by atoms with van der Waals surface area (Å²) >= 11 is 0. The number of aryl methyl sites for hydroxylation is 3.